The summed E-state index contributed by atoms with van der Waals surface area (Å²) in [5.41, 5.74) is 1.07. The topological polar surface area (TPSA) is 54.5 Å². The summed E-state index contributed by atoms with van der Waals surface area (Å²) in [6, 6.07) is 3.83. The number of hydrogen-bond donors (Lipinski definition) is 1. The molecule has 104 valence electrons. The predicted octanol–water partition coefficient (Wildman–Crippen LogP) is 1.61. The molecular formula is C13H19N3O2S. The van der Waals surface area contributed by atoms with Crippen molar-refractivity contribution < 1.29 is 9.53 Å². The lowest BCUT2D eigenvalue weighted by atomic mass is 10.3. The number of aromatic nitrogens is 1. The molecule has 1 fully saturated rings. The fraction of sp³-hybridized carbons (Fsp3) is 0.538. The number of nitrogens with zero attached hydrogens (tertiary/aromatic N) is 2. The maximum atomic E-state index is 11.7. The van der Waals surface area contributed by atoms with E-state index in [-0.39, 0.29) is 11.2 Å². The van der Waals surface area contributed by atoms with Gasteiger partial charge in [-0.1, -0.05) is 0 Å². The van der Waals surface area contributed by atoms with Gasteiger partial charge in [0.05, 0.1) is 30.3 Å². The summed E-state index contributed by atoms with van der Waals surface area (Å²) in [6.45, 7) is 5.16. The molecule has 6 heteroatoms. The fourth-order valence-corrected chi connectivity index (χ4v) is 2.08. The van der Waals surface area contributed by atoms with Crippen LogP contribution in [0.15, 0.2) is 18.3 Å². The van der Waals surface area contributed by atoms with Gasteiger partial charge >= 0.3 is 0 Å². The highest BCUT2D eigenvalue weighted by atomic mass is 32.2. The van der Waals surface area contributed by atoms with Gasteiger partial charge in [0.1, 0.15) is 5.82 Å². The molecule has 19 heavy (non-hydrogen) atoms. The Morgan fingerprint density at radius 1 is 1.47 bits per heavy atom. The third-order valence-corrected chi connectivity index (χ3v) is 4.02. The molecular weight excluding hydrogens is 262 g/mol. The second-order valence-electron chi connectivity index (χ2n) is 4.37. The van der Waals surface area contributed by atoms with Crippen LogP contribution < -0.4 is 10.2 Å². The van der Waals surface area contributed by atoms with Crippen molar-refractivity contribution in [2.75, 3.05) is 42.8 Å². The van der Waals surface area contributed by atoms with Crippen molar-refractivity contribution in [3.05, 3.63) is 18.3 Å². The third kappa shape index (κ3) is 3.84. The molecule has 1 aromatic heterocycles. The number of rotatable bonds is 4. The highest BCUT2D eigenvalue weighted by Gasteiger charge is 2.13. The van der Waals surface area contributed by atoms with Crippen LogP contribution in [0, 0.1) is 0 Å². The number of hydrogen-bond acceptors (Lipinski definition) is 5. The lowest BCUT2D eigenvalue weighted by Gasteiger charge is -2.28. The third-order valence-electron chi connectivity index (χ3n) is 3.10. The first-order chi connectivity index (χ1) is 9.20. The fourth-order valence-electron chi connectivity index (χ4n) is 1.80. The molecule has 0 unspecified atom stereocenters. The molecule has 0 spiro atoms. The van der Waals surface area contributed by atoms with E-state index in [1.165, 1.54) is 11.8 Å². The van der Waals surface area contributed by atoms with Crippen molar-refractivity contribution in [3.63, 3.8) is 0 Å². The molecule has 1 saturated heterocycles. The first kappa shape index (κ1) is 14.1. The Labute approximate surface area is 117 Å². The quantitative estimate of drug-likeness (QED) is 0.908. The van der Waals surface area contributed by atoms with E-state index in [4.69, 9.17) is 4.74 Å². The smallest absolute Gasteiger partial charge is 0.238 e. The minimum absolute atomic E-state index is 0.0147. The van der Waals surface area contributed by atoms with Gasteiger partial charge in [0.15, 0.2) is 0 Å². The number of anilines is 2. The molecule has 1 N–H and O–H groups in total. The van der Waals surface area contributed by atoms with Crippen LogP contribution in [0.25, 0.3) is 0 Å². The van der Waals surface area contributed by atoms with Gasteiger partial charge in [-0.2, -0.15) is 11.8 Å². The van der Waals surface area contributed by atoms with Crippen molar-refractivity contribution in [1.29, 1.82) is 0 Å². The molecule has 1 atom stereocenters. The summed E-state index contributed by atoms with van der Waals surface area (Å²) >= 11 is 1.52. The van der Waals surface area contributed by atoms with Crippen LogP contribution in [-0.4, -0.2) is 48.7 Å². The number of ether oxygens (including phenoxy) is 1. The zero-order chi connectivity index (χ0) is 13.7. The number of thioether (sulfide) groups is 1. The number of nitrogens with one attached hydrogen (secondary N) is 1. The van der Waals surface area contributed by atoms with E-state index in [1.54, 1.807) is 6.20 Å². The van der Waals surface area contributed by atoms with Crippen molar-refractivity contribution in [3.8, 4) is 0 Å². The Kier molecular flexibility index (Phi) is 5.04. The van der Waals surface area contributed by atoms with Crippen LogP contribution in [0.4, 0.5) is 11.5 Å². The molecule has 2 rings (SSSR count). The Balaban J connectivity index is 1.96. The zero-order valence-electron chi connectivity index (χ0n) is 11.3. The van der Waals surface area contributed by atoms with E-state index in [0.717, 1.165) is 32.0 Å². The van der Waals surface area contributed by atoms with Gasteiger partial charge in [-0.15, -0.1) is 0 Å². The van der Waals surface area contributed by atoms with Crippen molar-refractivity contribution in [2.24, 2.45) is 0 Å². The van der Waals surface area contributed by atoms with E-state index in [0.29, 0.717) is 5.82 Å². The predicted molar refractivity (Wildman–Crippen MR) is 78.9 cm³/mol. The lowest BCUT2D eigenvalue weighted by molar-refractivity contribution is -0.115. The standard InChI is InChI=1S/C13H19N3O2S/c1-10(19-2)13(17)15-12-4-3-11(9-14-12)16-5-7-18-8-6-16/h3-4,9-10H,5-8H2,1-2H3,(H,14,15,17)/t10-/m0/s1. The second-order valence-corrected chi connectivity index (χ2v) is 5.55. The molecule has 0 bridgehead atoms. The van der Waals surface area contributed by atoms with Gasteiger partial charge in [0.2, 0.25) is 5.91 Å². The van der Waals surface area contributed by atoms with Gasteiger partial charge in [-0.05, 0) is 25.3 Å². The van der Waals surface area contributed by atoms with E-state index in [2.05, 4.69) is 15.2 Å². The second kappa shape index (κ2) is 6.77. The van der Waals surface area contributed by atoms with E-state index < -0.39 is 0 Å². The first-order valence-corrected chi connectivity index (χ1v) is 7.62. The Morgan fingerprint density at radius 2 is 2.21 bits per heavy atom. The molecule has 2 heterocycles. The average Bonchev–Trinajstić information content (AvgIpc) is 2.48. The molecule has 0 aromatic carbocycles. The van der Waals surface area contributed by atoms with Crippen LogP contribution >= 0.6 is 11.8 Å². The molecule has 0 radical (unpaired) electrons. The normalized spacial score (nSPS) is 17.1. The van der Waals surface area contributed by atoms with E-state index in [9.17, 15) is 4.79 Å². The average molecular weight is 281 g/mol. The summed E-state index contributed by atoms with van der Waals surface area (Å²) in [4.78, 5) is 18.2. The molecule has 1 amide bonds. The molecule has 1 aromatic rings. The van der Waals surface area contributed by atoms with Gasteiger partial charge in [0.25, 0.3) is 0 Å². The van der Waals surface area contributed by atoms with Crippen molar-refractivity contribution in [1.82, 2.24) is 4.98 Å². The molecule has 0 saturated carbocycles. The largest absolute Gasteiger partial charge is 0.378 e. The molecule has 1 aliphatic rings. The SMILES string of the molecule is CS[C@@H](C)C(=O)Nc1ccc(N2CCOCC2)cn1. The number of amides is 1. The minimum atomic E-state index is -0.0688. The van der Waals surface area contributed by atoms with Gasteiger partial charge in [-0.3, -0.25) is 4.79 Å². The summed E-state index contributed by atoms with van der Waals surface area (Å²) in [6.07, 6.45) is 3.71. The van der Waals surface area contributed by atoms with Gasteiger partial charge < -0.3 is 15.0 Å². The Hall–Kier alpha value is -1.27. The Morgan fingerprint density at radius 3 is 2.79 bits per heavy atom. The van der Waals surface area contributed by atoms with Crippen molar-refractivity contribution >= 4 is 29.2 Å². The van der Waals surface area contributed by atoms with Crippen LogP contribution in [0.3, 0.4) is 0 Å². The number of morpholine rings is 1. The molecule has 1 aliphatic heterocycles. The summed E-state index contributed by atoms with van der Waals surface area (Å²) in [5, 5.41) is 2.74. The minimum Gasteiger partial charge on any atom is -0.378 e. The highest BCUT2D eigenvalue weighted by molar-refractivity contribution is 7.99. The number of carbonyl (C=O) groups is 1. The lowest BCUT2D eigenvalue weighted by Crippen LogP contribution is -2.36. The van der Waals surface area contributed by atoms with Crippen LogP contribution in [0.5, 0.6) is 0 Å². The van der Waals surface area contributed by atoms with Crippen LogP contribution in [-0.2, 0) is 9.53 Å². The van der Waals surface area contributed by atoms with E-state index >= 15 is 0 Å². The van der Waals surface area contributed by atoms with Crippen LogP contribution in [0.2, 0.25) is 0 Å². The van der Waals surface area contributed by atoms with Crippen LogP contribution in [0.1, 0.15) is 6.92 Å². The van der Waals surface area contributed by atoms with E-state index in [1.807, 2.05) is 25.3 Å². The van der Waals surface area contributed by atoms with Gasteiger partial charge in [-0.25, -0.2) is 4.98 Å². The number of carbonyl (C=O) groups excluding carboxylic acids is 1. The van der Waals surface area contributed by atoms with Crippen molar-refractivity contribution in [2.45, 2.75) is 12.2 Å². The maximum absolute atomic E-state index is 11.7. The monoisotopic (exact) mass is 281 g/mol. The molecule has 0 aliphatic carbocycles. The summed E-state index contributed by atoms with van der Waals surface area (Å²) in [7, 11) is 0. The highest BCUT2D eigenvalue weighted by Crippen LogP contribution is 2.17. The summed E-state index contributed by atoms with van der Waals surface area (Å²) < 4.78 is 5.31. The summed E-state index contributed by atoms with van der Waals surface area (Å²) in [5.74, 6) is 0.585. The first-order valence-electron chi connectivity index (χ1n) is 6.33. The maximum Gasteiger partial charge on any atom is 0.238 e. The molecule has 5 nitrogen and oxygen atoms in total. The Bertz CT molecular complexity index is 418. The van der Waals surface area contributed by atoms with Gasteiger partial charge in [0, 0.05) is 13.1 Å². The zero-order valence-corrected chi connectivity index (χ0v) is 12.1. The number of pyridine rings is 1.